The lowest BCUT2D eigenvalue weighted by Crippen LogP contribution is -2.14. The summed E-state index contributed by atoms with van der Waals surface area (Å²) in [6.07, 6.45) is 1.61. The number of hydrogen-bond donors (Lipinski definition) is 0. The van der Waals surface area contributed by atoms with Crippen molar-refractivity contribution >= 4 is 11.4 Å². The van der Waals surface area contributed by atoms with Gasteiger partial charge in [-0.1, -0.05) is 77.9 Å². The van der Waals surface area contributed by atoms with Crippen LogP contribution in [0.3, 0.4) is 0 Å². The number of hydrogen-bond acceptors (Lipinski definition) is 4. The minimum Gasteiger partial charge on any atom is -0.344 e. The first-order valence-electron chi connectivity index (χ1n) is 12.6. The molecule has 4 nitrogen and oxygen atoms in total. The molecule has 0 fully saturated rings. The minimum absolute atomic E-state index is 0.682. The maximum absolute atomic E-state index is 4.86. The molecule has 0 radical (unpaired) electrons. The van der Waals surface area contributed by atoms with Crippen LogP contribution < -0.4 is 4.90 Å². The molecule has 0 aliphatic heterocycles. The molecule has 4 aromatic carbocycles. The van der Waals surface area contributed by atoms with Crippen LogP contribution in [0.15, 0.2) is 85.2 Å². The fraction of sp³-hybridized carbons (Fsp3) is 0.182. The summed E-state index contributed by atoms with van der Waals surface area (Å²) in [4.78, 5) is 16.1. The first-order chi connectivity index (χ1) is 17.8. The van der Waals surface area contributed by atoms with Gasteiger partial charge in [-0.15, -0.1) is 0 Å². The third-order valence-electron chi connectivity index (χ3n) is 6.90. The summed E-state index contributed by atoms with van der Waals surface area (Å²) >= 11 is 0. The number of benzene rings is 4. The highest BCUT2D eigenvalue weighted by molar-refractivity contribution is 5.80. The Bertz CT molecular complexity index is 1550. The maximum Gasteiger partial charge on any atom is 0.163 e. The zero-order valence-electron chi connectivity index (χ0n) is 22.4. The van der Waals surface area contributed by atoms with Crippen molar-refractivity contribution in [1.29, 1.82) is 0 Å². The molecule has 1 heterocycles. The Hall–Kier alpha value is -4.31. The van der Waals surface area contributed by atoms with E-state index in [1.165, 1.54) is 33.5 Å². The van der Waals surface area contributed by atoms with E-state index in [1.807, 2.05) is 30.3 Å². The van der Waals surface area contributed by atoms with Gasteiger partial charge in [0.05, 0.1) is 0 Å². The molecule has 0 saturated heterocycles. The van der Waals surface area contributed by atoms with E-state index in [0.29, 0.717) is 11.6 Å². The van der Waals surface area contributed by atoms with E-state index in [-0.39, 0.29) is 0 Å². The van der Waals surface area contributed by atoms with E-state index in [9.17, 15) is 0 Å². The molecule has 0 saturated carbocycles. The molecule has 5 aromatic rings. The van der Waals surface area contributed by atoms with Crippen LogP contribution in [0.2, 0.25) is 0 Å². The van der Waals surface area contributed by atoms with Gasteiger partial charge in [0.15, 0.2) is 11.6 Å². The maximum atomic E-state index is 4.86. The predicted octanol–water partition coefficient (Wildman–Crippen LogP) is 8.18. The van der Waals surface area contributed by atoms with Crippen molar-refractivity contribution in [1.82, 2.24) is 15.0 Å². The highest BCUT2D eigenvalue weighted by atomic mass is 15.1. The zero-order chi connectivity index (χ0) is 26.1. The van der Waals surface area contributed by atoms with E-state index in [2.05, 4.69) is 105 Å². The molecule has 37 heavy (non-hydrogen) atoms. The normalized spacial score (nSPS) is 11.0. The van der Waals surface area contributed by atoms with E-state index in [1.54, 1.807) is 6.33 Å². The second-order valence-corrected chi connectivity index (χ2v) is 9.84. The van der Waals surface area contributed by atoms with Crippen LogP contribution in [0, 0.1) is 34.6 Å². The molecule has 0 N–H and O–H groups in total. The van der Waals surface area contributed by atoms with Crippen LogP contribution in [0.25, 0.3) is 33.9 Å². The quantitative estimate of drug-likeness (QED) is 0.252. The Kier molecular flexibility index (Phi) is 6.58. The van der Waals surface area contributed by atoms with Gasteiger partial charge in [-0.2, -0.15) is 0 Å². The van der Waals surface area contributed by atoms with Gasteiger partial charge in [-0.05, 0) is 74.6 Å². The summed E-state index contributed by atoms with van der Waals surface area (Å²) in [5.74, 6) is 1.38. The Morgan fingerprint density at radius 3 is 1.92 bits per heavy atom. The van der Waals surface area contributed by atoms with Crippen LogP contribution in [0.4, 0.5) is 11.4 Å². The second-order valence-electron chi connectivity index (χ2n) is 9.84. The molecule has 0 atom stereocenters. The molecule has 0 bridgehead atoms. The highest BCUT2D eigenvalue weighted by Gasteiger charge is 2.19. The van der Waals surface area contributed by atoms with Gasteiger partial charge in [-0.3, -0.25) is 0 Å². The summed E-state index contributed by atoms with van der Waals surface area (Å²) in [7, 11) is 2.13. The van der Waals surface area contributed by atoms with Gasteiger partial charge < -0.3 is 4.90 Å². The van der Waals surface area contributed by atoms with E-state index >= 15 is 0 Å². The van der Waals surface area contributed by atoms with Crippen LogP contribution in [-0.4, -0.2) is 22.0 Å². The smallest absolute Gasteiger partial charge is 0.163 e. The fourth-order valence-corrected chi connectivity index (χ4v) is 5.33. The van der Waals surface area contributed by atoms with E-state index < -0.39 is 0 Å². The van der Waals surface area contributed by atoms with Gasteiger partial charge in [0, 0.05) is 29.5 Å². The third kappa shape index (κ3) is 4.88. The summed E-state index contributed by atoms with van der Waals surface area (Å²) in [5.41, 5.74) is 12.9. The average molecular weight is 485 g/mol. The lowest BCUT2D eigenvalue weighted by atomic mass is 9.95. The SMILES string of the molecule is Cc1cc(C)cc(-c2ccc(N(C)c3c(C)cc(C)c(-c4ncnc(-c5ccccc5)n4)c3C)cc2)c1. The van der Waals surface area contributed by atoms with Crippen molar-refractivity contribution in [3.8, 4) is 33.9 Å². The Morgan fingerprint density at radius 2 is 1.24 bits per heavy atom. The summed E-state index contributed by atoms with van der Waals surface area (Å²) in [5, 5.41) is 0. The molecule has 0 spiro atoms. The molecule has 0 aliphatic carbocycles. The first kappa shape index (κ1) is 24.4. The average Bonchev–Trinajstić information content (AvgIpc) is 2.88. The van der Waals surface area contributed by atoms with Crippen molar-refractivity contribution < 1.29 is 0 Å². The van der Waals surface area contributed by atoms with Crippen LogP contribution >= 0.6 is 0 Å². The van der Waals surface area contributed by atoms with Crippen LogP contribution in [0.1, 0.15) is 27.8 Å². The molecule has 184 valence electrons. The van der Waals surface area contributed by atoms with Gasteiger partial charge in [0.25, 0.3) is 0 Å². The zero-order valence-corrected chi connectivity index (χ0v) is 22.4. The number of nitrogens with zero attached hydrogens (tertiary/aromatic N) is 4. The van der Waals surface area contributed by atoms with Crippen molar-refractivity contribution in [3.63, 3.8) is 0 Å². The largest absolute Gasteiger partial charge is 0.344 e. The standard InChI is InChI=1S/C33H32N4/c1-21-16-22(2)18-28(17-21)26-12-14-29(15-13-26)37(6)31-24(4)19-23(3)30(25(31)5)33-35-20-34-32(36-33)27-10-8-7-9-11-27/h7-20H,1-6H3. The highest BCUT2D eigenvalue weighted by Crippen LogP contribution is 2.38. The fourth-order valence-electron chi connectivity index (χ4n) is 5.33. The summed E-state index contributed by atoms with van der Waals surface area (Å²) in [6.45, 7) is 10.8. The van der Waals surface area contributed by atoms with Crippen LogP contribution in [0.5, 0.6) is 0 Å². The Morgan fingerprint density at radius 1 is 0.595 bits per heavy atom. The van der Waals surface area contributed by atoms with E-state index in [4.69, 9.17) is 4.98 Å². The monoisotopic (exact) mass is 484 g/mol. The molecular weight excluding hydrogens is 452 g/mol. The number of aryl methyl sites for hydroxylation is 4. The Balaban J connectivity index is 1.53. The lowest BCUT2D eigenvalue weighted by molar-refractivity contribution is 1.05. The van der Waals surface area contributed by atoms with Crippen molar-refractivity contribution in [2.45, 2.75) is 34.6 Å². The Labute approximate surface area is 219 Å². The number of anilines is 2. The van der Waals surface area contributed by atoms with E-state index in [0.717, 1.165) is 27.9 Å². The van der Waals surface area contributed by atoms with Crippen molar-refractivity contribution in [3.05, 3.63) is 113 Å². The molecule has 0 unspecified atom stereocenters. The summed E-state index contributed by atoms with van der Waals surface area (Å²) in [6, 6.07) is 27.8. The number of rotatable bonds is 5. The molecule has 0 amide bonds. The first-order valence-corrected chi connectivity index (χ1v) is 12.6. The summed E-state index contributed by atoms with van der Waals surface area (Å²) < 4.78 is 0. The second kappa shape index (κ2) is 9.98. The van der Waals surface area contributed by atoms with Crippen LogP contribution in [-0.2, 0) is 0 Å². The van der Waals surface area contributed by atoms with Crippen molar-refractivity contribution in [2.24, 2.45) is 0 Å². The van der Waals surface area contributed by atoms with Gasteiger partial charge >= 0.3 is 0 Å². The van der Waals surface area contributed by atoms with Crippen molar-refractivity contribution in [2.75, 3.05) is 11.9 Å². The lowest BCUT2D eigenvalue weighted by Gasteiger charge is -2.26. The third-order valence-corrected chi connectivity index (χ3v) is 6.90. The minimum atomic E-state index is 0.682. The van der Waals surface area contributed by atoms with Gasteiger partial charge in [-0.25, -0.2) is 15.0 Å². The molecule has 0 aliphatic rings. The van der Waals surface area contributed by atoms with Gasteiger partial charge in [0.2, 0.25) is 0 Å². The molecule has 1 aromatic heterocycles. The van der Waals surface area contributed by atoms with Gasteiger partial charge in [0.1, 0.15) is 6.33 Å². The topological polar surface area (TPSA) is 41.9 Å². The molecular formula is C33H32N4. The molecule has 4 heteroatoms. The predicted molar refractivity (Wildman–Crippen MR) is 154 cm³/mol. The number of aromatic nitrogens is 3. The molecule has 5 rings (SSSR count).